The molecule has 0 unspecified atom stereocenters. The van der Waals surface area contributed by atoms with Crippen molar-refractivity contribution in [2.75, 3.05) is 0 Å². The standard InChI is InChI=1S/C13H19N3O2S/c1-9-5-6-10(19-9)11(17)15-13(12(14)16-18)7-3-2-4-8-13/h5-6,18H,2-4,7-8H2,1H3,(H2,14,16)(H,15,17). The van der Waals surface area contributed by atoms with E-state index >= 15 is 0 Å². The summed E-state index contributed by atoms with van der Waals surface area (Å²) in [4.78, 5) is 14.0. The van der Waals surface area contributed by atoms with Crippen LogP contribution in [0.2, 0.25) is 0 Å². The van der Waals surface area contributed by atoms with E-state index in [0.717, 1.165) is 37.0 Å². The van der Waals surface area contributed by atoms with Crippen molar-refractivity contribution < 1.29 is 10.0 Å². The Balaban J connectivity index is 2.19. The van der Waals surface area contributed by atoms with Gasteiger partial charge in [0.25, 0.3) is 5.91 Å². The number of carbonyl (C=O) groups is 1. The number of aryl methyl sites for hydroxylation is 1. The van der Waals surface area contributed by atoms with Gasteiger partial charge in [0.2, 0.25) is 0 Å². The molecule has 6 heteroatoms. The summed E-state index contributed by atoms with van der Waals surface area (Å²) >= 11 is 1.45. The number of nitrogens with two attached hydrogens (primary N) is 1. The first-order chi connectivity index (χ1) is 9.07. The number of amidine groups is 1. The second kappa shape index (κ2) is 5.61. The molecular formula is C13H19N3O2S. The fraction of sp³-hybridized carbons (Fsp3) is 0.538. The molecule has 1 saturated carbocycles. The van der Waals surface area contributed by atoms with E-state index in [0.29, 0.717) is 4.88 Å². The zero-order valence-corrected chi connectivity index (χ0v) is 11.8. The lowest BCUT2D eigenvalue weighted by Crippen LogP contribution is -2.58. The topological polar surface area (TPSA) is 87.7 Å². The molecule has 1 aromatic rings. The molecular weight excluding hydrogens is 262 g/mol. The molecule has 104 valence electrons. The first kappa shape index (κ1) is 13.9. The Labute approximate surface area is 116 Å². The average Bonchev–Trinajstić information content (AvgIpc) is 2.85. The van der Waals surface area contributed by atoms with Crippen LogP contribution in [0.15, 0.2) is 17.3 Å². The maximum atomic E-state index is 12.3. The third-order valence-electron chi connectivity index (χ3n) is 3.62. The Morgan fingerprint density at radius 2 is 2.11 bits per heavy atom. The van der Waals surface area contributed by atoms with Gasteiger partial charge in [-0.3, -0.25) is 4.79 Å². The molecule has 1 aromatic heterocycles. The van der Waals surface area contributed by atoms with Crippen molar-refractivity contribution >= 4 is 23.1 Å². The van der Waals surface area contributed by atoms with E-state index in [1.165, 1.54) is 11.3 Å². The highest BCUT2D eigenvalue weighted by atomic mass is 32.1. The molecule has 5 nitrogen and oxygen atoms in total. The second-order valence-electron chi connectivity index (χ2n) is 4.99. The molecule has 19 heavy (non-hydrogen) atoms. The molecule has 1 fully saturated rings. The van der Waals surface area contributed by atoms with E-state index in [1.807, 2.05) is 13.0 Å². The van der Waals surface area contributed by atoms with Crippen LogP contribution >= 0.6 is 11.3 Å². The molecule has 2 rings (SSSR count). The van der Waals surface area contributed by atoms with Gasteiger partial charge in [-0.1, -0.05) is 24.4 Å². The minimum atomic E-state index is -0.692. The van der Waals surface area contributed by atoms with E-state index in [4.69, 9.17) is 10.9 Å². The number of carbonyl (C=O) groups excluding carboxylic acids is 1. The number of nitrogens with zero attached hydrogens (tertiary/aromatic N) is 1. The summed E-state index contributed by atoms with van der Waals surface area (Å²) in [5, 5.41) is 15.0. The molecule has 0 spiro atoms. The van der Waals surface area contributed by atoms with Gasteiger partial charge in [-0.25, -0.2) is 0 Å². The van der Waals surface area contributed by atoms with Crippen molar-refractivity contribution in [1.82, 2.24) is 5.32 Å². The monoisotopic (exact) mass is 281 g/mol. The summed E-state index contributed by atoms with van der Waals surface area (Å²) in [6.07, 6.45) is 4.51. The largest absolute Gasteiger partial charge is 0.409 e. The van der Waals surface area contributed by atoms with Crippen molar-refractivity contribution in [2.24, 2.45) is 10.9 Å². The van der Waals surface area contributed by atoms with Crippen LogP contribution in [-0.4, -0.2) is 22.5 Å². The summed E-state index contributed by atoms with van der Waals surface area (Å²) in [5.41, 5.74) is 5.11. The number of nitrogens with one attached hydrogen (secondary N) is 1. The minimum absolute atomic E-state index is 0.105. The normalized spacial score (nSPS) is 19.1. The van der Waals surface area contributed by atoms with Crippen LogP contribution in [0, 0.1) is 6.92 Å². The Bertz CT molecular complexity index is 490. The van der Waals surface area contributed by atoms with Gasteiger partial charge in [-0.05, 0) is 31.9 Å². The molecule has 0 aromatic carbocycles. The summed E-state index contributed by atoms with van der Waals surface area (Å²) < 4.78 is 0. The lowest BCUT2D eigenvalue weighted by Gasteiger charge is -2.36. The zero-order chi connectivity index (χ0) is 13.9. The number of thiophene rings is 1. The van der Waals surface area contributed by atoms with Crippen molar-refractivity contribution in [2.45, 2.75) is 44.6 Å². The minimum Gasteiger partial charge on any atom is -0.409 e. The Hall–Kier alpha value is -1.56. The molecule has 1 heterocycles. The molecule has 0 bridgehead atoms. The van der Waals surface area contributed by atoms with Crippen molar-refractivity contribution in [3.05, 3.63) is 21.9 Å². The van der Waals surface area contributed by atoms with Crippen LogP contribution in [-0.2, 0) is 0 Å². The van der Waals surface area contributed by atoms with Gasteiger partial charge in [-0.2, -0.15) is 0 Å². The van der Waals surface area contributed by atoms with Gasteiger partial charge >= 0.3 is 0 Å². The van der Waals surface area contributed by atoms with Gasteiger partial charge < -0.3 is 16.3 Å². The molecule has 0 atom stereocenters. The third kappa shape index (κ3) is 2.89. The van der Waals surface area contributed by atoms with E-state index in [2.05, 4.69) is 10.5 Å². The summed E-state index contributed by atoms with van der Waals surface area (Å²) in [6.45, 7) is 1.96. The second-order valence-corrected chi connectivity index (χ2v) is 6.28. The quantitative estimate of drug-likeness (QED) is 0.343. The molecule has 0 radical (unpaired) electrons. The number of hydrogen-bond donors (Lipinski definition) is 3. The van der Waals surface area contributed by atoms with Gasteiger partial charge in [0.15, 0.2) is 5.84 Å². The predicted octanol–water partition coefficient (Wildman–Crippen LogP) is 2.24. The number of rotatable bonds is 3. The van der Waals surface area contributed by atoms with Crippen LogP contribution in [0.5, 0.6) is 0 Å². The number of hydrogen-bond acceptors (Lipinski definition) is 4. The average molecular weight is 281 g/mol. The lowest BCUT2D eigenvalue weighted by molar-refractivity contribution is 0.0910. The van der Waals surface area contributed by atoms with Crippen LogP contribution in [0.4, 0.5) is 0 Å². The first-order valence-corrected chi connectivity index (χ1v) is 7.26. The Kier molecular flexibility index (Phi) is 4.09. The van der Waals surface area contributed by atoms with Gasteiger partial charge in [0.05, 0.1) is 4.88 Å². The van der Waals surface area contributed by atoms with Crippen molar-refractivity contribution in [3.8, 4) is 0 Å². The highest BCUT2D eigenvalue weighted by Gasteiger charge is 2.38. The highest BCUT2D eigenvalue weighted by Crippen LogP contribution is 2.29. The number of oxime groups is 1. The molecule has 1 amide bonds. The predicted molar refractivity (Wildman–Crippen MR) is 75.7 cm³/mol. The van der Waals surface area contributed by atoms with Crippen LogP contribution < -0.4 is 11.1 Å². The van der Waals surface area contributed by atoms with Gasteiger partial charge in [-0.15, -0.1) is 11.3 Å². The zero-order valence-electron chi connectivity index (χ0n) is 11.0. The fourth-order valence-electron chi connectivity index (χ4n) is 2.53. The lowest BCUT2D eigenvalue weighted by atomic mass is 9.80. The number of amides is 1. The van der Waals surface area contributed by atoms with Crippen LogP contribution in [0.3, 0.4) is 0 Å². The fourth-order valence-corrected chi connectivity index (χ4v) is 3.29. The maximum absolute atomic E-state index is 12.3. The third-order valence-corrected chi connectivity index (χ3v) is 4.62. The van der Waals surface area contributed by atoms with E-state index in [9.17, 15) is 4.79 Å². The SMILES string of the molecule is Cc1ccc(C(=O)NC2(/C(N)=N/O)CCCCC2)s1. The Morgan fingerprint density at radius 1 is 1.42 bits per heavy atom. The van der Waals surface area contributed by atoms with E-state index in [-0.39, 0.29) is 11.7 Å². The smallest absolute Gasteiger partial charge is 0.262 e. The maximum Gasteiger partial charge on any atom is 0.262 e. The van der Waals surface area contributed by atoms with E-state index < -0.39 is 5.54 Å². The first-order valence-electron chi connectivity index (χ1n) is 6.44. The molecule has 1 aliphatic carbocycles. The highest BCUT2D eigenvalue weighted by molar-refractivity contribution is 7.13. The molecule has 4 N–H and O–H groups in total. The molecule has 1 aliphatic rings. The Morgan fingerprint density at radius 3 is 2.63 bits per heavy atom. The summed E-state index contributed by atoms with van der Waals surface area (Å²) in [5.74, 6) is -0.0413. The molecule has 0 aliphatic heterocycles. The summed E-state index contributed by atoms with van der Waals surface area (Å²) in [6, 6.07) is 3.72. The van der Waals surface area contributed by atoms with Crippen molar-refractivity contribution in [3.63, 3.8) is 0 Å². The van der Waals surface area contributed by atoms with Gasteiger partial charge in [0.1, 0.15) is 5.54 Å². The van der Waals surface area contributed by atoms with Crippen molar-refractivity contribution in [1.29, 1.82) is 0 Å². The van der Waals surface area contributed by atoms with Crippen LogP contribution in [0.25, 0.3) is 0 Å². The summed E-state index contributed by atoms with van der Waals surface area (Å²) in [7, 11) is 0. The van der Waals surface area contributed by atoms with E-state index in [1.54, 1.807) is 6.07 Å². The van der Waals surface area contributed by atoms with Gasteiger partial charge in [0, 0.05) is 4.88 Å². The molecule has 0 saturated heterocycles. The van der Waals surface area contributed by atoms with Crippen LogP contribution in [0.1, 0.15) is 46.7 Å².